The first-order chi connectivity index (χ1) is 8.74. The van der Waals surface area contributed by atoms with Gasteiger partial charge < -0.3 is 10.5 Å². The second-order valence-corrected chi connectivity index (χ2v) is 5.20. The van der Waals surface area contributed by atoms with Gasteiger partial charge in [-0.3, -0.25) is 0 Å². The third-order valence-electron chi connectivity index (χ3n) is 2.55. The summed E-state index contributed by atoms with van der Waals surface area (Å²) in [5.74, 6) is 0.845. The van der Waals surface area contributed by atoms with Crippen LogP contribution < -0.4 is 10.5 Å². The summed E-state index contributed by atoms with van der Waals surface area (Å²) in [7, 11) is 1.66. The number of methoxy groups -OCH3 is 1. The molecule has 2 aromatic carbocycles. The Morgan fingerprint density at radius 1 is 1.17 bits per heavy atom. The van der Waals surface area contributed by atoms with Crippen molar-refractivity contribution in [3.05, 3.63) is 53.1 Å². The Kier molecular flexibility index (Phi) is 4.53. The van der Waals surface area contributed by atoms with Crippen LogP contribution in [-0.4, -0.2) is 7.11 Å². The Morgan fingerprint density at radius 3 is 2.50 bits per heavy atom. The maximum Gasteiger partial charge on any atom is 0.118 e. The van der Waals surface area contributed by atoms with Crippen molar-refractivity contribution in [1.82, 2.24) is 0 Å². The molecule has 0 fully saturated rings. The van der Waals surface area contributed by atoms with E-state index in [1.807, 2.05) is 42.5 Å². The van der Waals surface area contributed by atoms with Crippen LogP contribution in [0.3, 0.4) is 0 Å². The lowest BCUT2D eigenvalue weighted by Crippen LogP contribution is -1.98. The first-order valence-electron chi connectivity index (χ1n) is 5.54. The molecule has 0 amide bonds. The molecule has 0 aromatic heterocycles. The van der Waals surface area contributed by atoms with E-state index in [0.717, 1.165) is 26.1 Å². The molecule has 0 atom stereocenters. The maximum atomic E-state index is 6.22. The number of ether oxygens (including phenoxy) is 1. The second kappa shape index (κ2) is 6.14. The van der Waals surface area contributed by atoms with Gasteiger partial charge in [0.1, 0.15) is 5.75 Å². The SMILES string of the molecule is COc1ccc(Sc2c(Cl)cccc2CN)cc1. The summed E-state index contributed by atoms with van der Waals surface area (Å²) in [6, 6.07) is 13.7. The molecule has 2 nitrogen and oxygen atoms in total. The van der Waals surface area contributed by atoms with Crippen molar-refractivity contribution in [2.75, 3.05) is 7.11 Å². The van der Waals surface area contributed by atoms with Gasteiger partial charge in [-0.05, 0) is 35.9 Å². The predicted octanol–water partition coefficient (Wildman–Crippen LogP) is 3.96. The summed E-state index contributed by atoms with van der Waals surface area (Å²) in [5.41, 5.74) is 6.79. The number of hydrogen-bond acceptors (Lipinski definition) is 3. The smallest absolute Gasteiger partial charge is 0.118 e. The summed E-state index contributed by atoms with van der Waals surface area (Å²) in [4.78, 5) is 2.13. The fourth-order valence-electron chi connectivity index (χ4n) is 1.59. The van der Waals surface area contributed by atoms with Crippen molar-refractivity contribution >= 4 is 23.4 Å². The van der Waals surface area contributed by atoms with Crippen molar-refractivity contribution < 1.29 is 4.74 Å². The molecule has 0 aliphatic rings. The molecule has 2 rings (SSSR count). The molecule has 94 valence electrons. The van der Waals surface area contributed by atoms with E-state index < -0.39 is 0 Å². The van der Waals surface area contributed by atoms with Crippen molar-refractivity contribution in [3.63, 3.8) is 0 Å². The summed E-state index contributed by atoms with van der Waals surface area (Å²) in [5, 5.41) is 0.735. The van der Waals surface area contributed by atoms with Gasteiger partial charge in [0.2, 0.25) is 0 Å². The summed E-state index contributed by atoms with van der Waals surface area (Å²) >= 11 is 7.83. The minimum atomic E-state index is 0.485. The fraction of sp³-hybridized carbons (Fsp3) is 0.143. The maximum absolute atomic E-state index is 6.22. The van der Waals surface area contributed by atoms with Crippen LogP contribution in [0, 0.1) is 0 Å². The highest BCUT2D eigenvalue weighted by Crippen LogP contribution is 2.36. The monoisotopic (exact) mass is 279 g/mol. The molecule has 2 aromatic rings. The minimum absolute atomic E-state index is 0.485. The van der Waals surface area contributed by atoms with Crippen LogP contribution in [0.1, 0.15) is 5.56 Å². The summed E-state index contributed by atoms with van der Waals surface area (Å²) < 4.78 is 5.13. The van der Waals surface area contributed by atoms with Gasteiger partial charge in [-0.2, -0.15) is 0 Å². The number of rotatable bonds is 4. The minimum Gasteiger partial charge on any atom is -0.497 e. The van der Waals surface area contributed by atoms with Gasteiger partial charge in [0, 0.05) is 16.3 Å². The van der Waals surface area contributed by atoms with Gasteiger partial charge in [0.25, 0.3) is 0 Å². The Hall–Kier alpha value is -1.16. The molecule has 0 unspecified atom stereocenters. The molecular weight excluding hydrogens is 266 g/mol. The van der Waals surface area contributed by atoms with Gasteiger partial charge in [-0.15, -0.1) is 0 Å². The van der Waals surface area contributed by atoms with Crippen LogP contribution in [0.15, 0.2) is 52.3 Å². The molecule has 0 spiro atoms. The highest BCUT2D eigenvalue weighted by atomic mass is 35.5. The Labute approximate surface area is 116 Å². The number of halogens is 1. The van der Waals surface area contributed by atoms with E-state index in [4.69, 9.17) is 22.1 Å². The molecular formula is C14H14ClNOS. The zero-order valence-corrected chi connectivity index (χ0v) is 11.6. The number of hydrogen-bond donors (Lipinski definition) is 1. The molecule has 0 bridgehead atoms. The van der Waals surface area contributed by atoms with E-state index in [0.29, 0.717) is 6.54 Å². The molecule has 0 aliphatic carbocycles. The van der Waals surface area contributed by atoms with E-state index in [-0.39, 0.29) is 0 Å². The highest BCUT2D eigenvalue weighted by molar-refractivity contribution is 7.99. The van der Waals surface area contributed by atoms with Crippen LogP contribution in [0.2, 0.25) is 5.02 Å². The summed E-state index contributed by atoms with van der Waals surface area (Å²) in [6.45, 7) is 0.485. The fourth-order valence-corrected chi connectivity index (χ4v) is 2.86. The van der Waals surface area contributed by atoms with Gasteiger partial charge in [-0.25, -0.2) is 0 Å². The van der Waals surface area contributed by atoms with Gasteiger partial charge in [0.05, 0.1) is 12.1 Å². The summed E-state index contributed by atoms with van der Waals surface area (Å²) in [6.07, 6.45) is 0. The van der Waals surface area contributed by atoms with Crippen LogP contribution >= 0.6 is 23.4 Å². The zero-order chi connectivity index (χ0) is 13.0. The Bertz CT molecular complexity index is 528. The lowest BCUT2D eigenvalue weighted by Gasteiger charge is -2.09. The van der Waals surface area contributed by atoms with Crippen LogP contribution in [0.5, 0.6) is 5.75 Å². The average molecular weight is 280 g/mol. The zero-order valence-electron chi connectivity index (χ0n) is 10.0. The molecule has 18 heavy (non-hydrogen) atoms. The third kappa shape index (κ3) is 2.99. The molecule has 0 saturated carbocycles. The lowest BCUT2D eigenvalue weighted by atomic mass is 10.2. The Morgan fingerprint density at radius 2 is 1.89 bits per heavy atom. The standard InChI is InChI=1S/C14H14ClNOS/c1-17-11-5-7-12(8-6-11)18-14-10(9-16)3-2-4-13(14)15/h2-8H,9,16H2,1H3. The molecule has 0 heterocycles. The highest BCUT2D eigenvalue weighted by Gasteiger charge is 2.07. The van der Waals surface area contributed by atoms with Gasteiger partial charge in [-0.1, -0.05) is 35.5 Å². The predicted molar refractivity (Wildman–Crippen MR) is 76.5 cm³/mol. The third-order valence-corrected chi connectivity index (χ3v) is 4.17. The van der Waals surface area contributed by atoms with E-state index in [2.05, 4.69) is 0 Å². The second-order valence-electron chi connectivity index (χ2n) is 3.71. The average Bonchev–Trinajstić information content (AvgIpc) is 2.42. The van der Waals surface area contributed by atoms with Gasteiger partial charge in [0.15, 0.2) is 0 Å². The first kappa shape index (κ1) is 13.3. The topological polar surface area (TPSA) is 35.2 Å². The van der Waals surface area contributed by atoms with Crippen LogP contribution in [-0.2, 0) is 6.54 Å². The van der Waals surface area contributed by atoms with E-state index in [1.165, 1.54) is 0 Å². The normalized spacial score (nSPS) is 10.4. The number of benzene rings is 2. The van der Waals surface area contributed by atoms with Crippen molar-refractivity contribution in [3.8, 4) is 5.75 Å². The van der Waals surface area contributed by atoms with E-state index in [1.54, 1.807) is 18.9 Å². The van der Waals surface area contributed by atoms with Crippen molar-refractivity contribution in [2.45, 2.75) is 16.3 Å². The van der Waals surface area contributed by atoms with Crippen molar-refractivity contribution in [1.29, 1.82) is 0 Å². The molecule has 4 heteroatoms. The Balaban J connectivity index is 2.27. The molecule has 2 N–H and O–H groups in total. The van der Waals surface area contributed by atoms with Gasteiger partial charge >= 0.3 is 0 Å². The number of nitrogens with two attached hydrogens (primary N) is 1. The van der Waals surface area contributed by atoms with E-state index in [9.17, 15) is 0 Å². The largest absolute Gasteiger partial charge is 0.497 e. The van der Waals surface area contributed by atoms with Crippen LogP contribution in [0.25, 0.3) is 0 Å². The lowest BCUT2D eigenvalue weighted by molar-refractivity contribution is 0.414. The molecule has 0 aliphatic heterocycles. The van der Waals surface area contributed by atoms with Crippen molar-refractivity contribution in [2.24, 2.45) is 5.73 Å². The van der Waals surface area contributed by atoms with E-state index >= 15 is 0 Å². The molecule has 0 saturated heterocycles. The quantitative estimate of drug-likeness (QED) is 0.920. The first-order valence-corrected chi connectivity index (χ1v) is 6.73. The van der Waals surface area contributed by atoms with Crippen LogP contribution in [0.4, 0.5) is 0 Å². The molecule has 0 radical (unpaired) electrons.